The van der Waals surface area contributed by atoms with Crippen LogP contribution in [0.5, 0.6) is 0 Å². The number of fused-ring (bicyclic) bond motifs is 4. The van der Waals surface area contributed by atoms with Crippen LogP contribution in [-0.2, 0) is 35.1 Å². The van der Waals surface area contributed by atoms with E-state index in [2.05, 4.69) is 93.4 Å². The van der Waals surface area contributed by atoms with E-state index in [0.29, 0.717) is 12.1 Å². The van der Waals surface area contributed by atoms with Gasteiger partial charge < -0.3 is 24.5 Å². The van der Waals surface area contributed by atoms with Gasteiger partial charge in [-0.15, -0.1) is 11.8 Å². The number of ether oxygens (including phenoxy) is 2. The van der Waals surface area contributed by atoms with Crippen LogP contribution in [-0.4, -0.2) is 58.7 Å². The van der Waals surface area contributed by atoms with Crippen molar-refractivity contribution in [3.8, 4) is 0 Å². The van der Waals surface area contributed by atoms with Crippen LogP contribution in [0.15, 0.2) is 119 Å². The minimum atomic E-state index is -1.28. The normalized spacial score (nSPS) is 21.5. The maximum absolute atomic E-state index is 13.6. The molecule has 0 spiro atoms. The number of aromatic nitrogens is 1. The van der Waals surface area contributed by atoms with E-state index in [9.17, 15) is 14.4 Å². The first-order valence-corrected chi connectivity index (χ1v) is 18.1. The van der Waals surface area contributed by atoms with Crippen LogP contribution in [0.4, 0.5) is 0 Å². The lowest BCUT2D eigenvalue weighted by molar-refractivity contribution is -0.153. The van der Waals surface area contributed by atoms with Gasteiger partial charge in [0.1, 0.15) is 25.0 Å². The maximum atomic E-state index is 13.6. The highest BCUT2D eigenvalue weighted by atomic mass is 32.2. The van der Waals surface area contributed by atoms with Crippen molar-refractivity contribution >= 4 is 35.4 Å². The number of nitrogens with one attached hydrogen (secondary N) is 2. The number of rotatable bonds is 9. The molecule has 2 aliphatic heterocycles. The Hall–Kier alpha value is -5.16. The van der Waals surface area contributed by atoms with Gasteiger partial charge in [0.25, 0.3) is 5.91 Å². The average Bonchev–Trinajstić information content (AvgIpc) is 3.79. The van der Waals surface area contributed by atoms with Crippen LogP contribution in [0.1, 0.15) is 61.9 Å². The molecule has 0 fully saturated rings. The number of hydrogen-bond acceptors (Lipinski definition) is 9. The fraction of sp³-hybridized carbons (Fsp3) is 0.325. The molecule has 0 radical (unpaired) electrons. The van der Waals surface area contributed by atoms with Gasteiger partial charge in [-0.25, -0.2) is 14.8 Å². The molecular formula is C40H42N4O6S. The Morgan fingerprint density at radius 3 is 2.14 bits per heavy atom. The van der Waals surface area contributed by atoms with Gasteiger partial charge in [-0.1, -0.05) is 111 Å². The number of allylic oxidation sites excluding steroid dienone is 1. The number of oxazole rings is 1. The predicted molar refractivity (Wildman–Crippen MR) is 196 cm³/mol. The third-order valence-electron chi connectivity index (χ3n) is 8.89. The second-order valence-corrected chi connectivity index (χ2v) is 14.4. The number of carbonyl (C=O) groups excluding carboxylic acids is 3. The van der Waals surface area contributed by atoms with Gasteiger partial charge in [-0.05, 0) is 47.8 Å². The van der Waals surface area contributed by atoms with Gasteiger partial charge in [0.05, 0.1) is 17.7 Å². The number of hydrogen-bond donors (Lipinski definition) is 2. The van der Waals surface area contributed by atoms with E-state index in [-0.39, 0.29) is 43.2 Å². The highest BCUT2D eigenvalue weighted by Crippen LogP contribution is 2.48. The Bertz CT molecular complexity index is 1780. The topological polar surface area (TPSA) is 132 Å². The van der Waals surface area contributed by atoms with Crippen molar-refractivity contribution in [1.29, 1.82) is 0 Å². The Morgan fingerprint density at radius 1 is 0.941 bits per heavy atom. The number of esters is 1. The van der Waals surface area contributed by atoms with Crippen molar-refractivity contribution in [2.24, 2.45) is 10.9 Å². The number of nitrogens with zero attached hydrogens (tertiary/aromatic N) is 2. The van der Waals surface area contributed by atoms with Crippen LogP contribution in [0, 0.1) is 5.92 Å². The van der Waals surface area contributed by atoms with Crippen LogP contribution in [0.3, 0.4) is 0 Å². The Balaban J connectivity index is 1.23. The Morgan fingerprint density at radius 2 is 1.55 bits per heavy atom. The van der Waals surface area contributed by atoms with E-state index in [0.717, 1.165) is 5.75 Å². The molecule has 3 heterocycles. The molecule has 4 bridgehead atoms. The average molecular weight is 707 g/mol. The molecule has 0 unspecified atom stereocenters. The van der Waals surface area contributed by atoms with E-state index in [4.69, 9.17) is 13.9 Å². The Kier molecular flexibility index (Phi) is 11.1. The molecule has 0 aliphatic carbocycles. The molecule has 0 saturated heterocycles. The second kappa shape index (κ2) is 15.8. The van der Waals surface area contributed by atoms with Crippen molar-refractivity contribution in [3.63, 3.8) is 0 Å². The molecule has 3 aromatic carbocycles. The maximum Gasteiger partial charge on any atom is 0.329 e. The van der Waals surface area contributed by atoms with Gasteiger partial charge >= 0.3 is 5.97 Å². The van der Waals surface area contributed by atoms with E-state index in [1.165, 1.54) is 23.0 Å². The first-order chi connectivity index (χ1) is 24.7. The smallest absolute Gasteiger partial charge is 0.329 e. The zero-order valence-electron chi connectivity index (χ0n) is 28.9. The fourth-order valence-electron chi connectivity index (χ4n) is 6.13. The first kappa shape index (κ1) is 35.7. The van der Waals surface area contributed by atoms with Crippen LogP contribution >= 0.6 is 11.8 Å². The summed E-state index contributed by atoms with van der Waals surface area (Å²) in [7, 11) is 0. The molecule has 2 amide bonds. The summed E-state index contributed by atoms with van der Waals surface area (Å²) in [6.45, 7) is 5.25. The van der Waals surface area contributed by atoms with Gasteiger partial charge in [-0.2, -0.15) is 0 Å². The lowest BCUT2D eigenvalue weighted by Crippen LogP contribution is -2.53. The number of benzene rings is 3. The number of aliphatic imine (C=N–C) groups is 1. The summed E-state index contributed by atoms with van der Waals surface area (Å²) in [6.07, 6.45) is 4.69. The molecular weight excluding hydrogens is 665 g/mol. The van der Waals surface area contributed by atoms with Crippen LogP contribution in [0.2, 0.25) is 0 Å². The monoisotopic (exact) mass is 706 g/mol. The summed E-state index contributed by atoms with van der Waals surface area (Å²) in [4.78, 5) is 49.0. The summed E-state index contributed by atoms with van der Waals surface area (Å²) in [5.74, 6) is -0.657. The molecule has 2 aliphatic rings. The number of cyclic esters (lactones) is 1. The lowest BCUT2D eigenvalue weighted by atomic mass is 9.84. The molecule has 11 heteroatoms. The molecule has 51 heavy (non-hydrogen) atoms. The summed E-state index contributed by atoms with van der Waals surface area (Å²) in [5.41, 5.74) is 2.54. The summed E-state index contributed by atoms with van der Waals surface area (Å²) < 4.78 is 16.7. The third kappa shape index (κ3) is 8.09. The zero-order valence-corrected chi connectivity index (χ0v) is 29.7. The summed E-state index contributed by atoms with van der Waals surface area (Å²) in [6, 6.07) is 30.4. The molecule has 2 N–H and O–H groups in total. The van der Waals surface area contributed by atoms with Gasteiger partial charge in [0.2, 0.25) is 17.7 Å². The molecule has 10 nitrogen and oxygen atoms in total. The van der Waals surface area contributed by atoms with Crippen molar-refractivity contribution in [3.05, 3.63) is 138 Å². The molecule has 3 atom stereocenters. The minimum Gasteiger partial charge on any atom is -0.473 e. The summed E-state index contributed by atoms with van der Waals surface area (Å²) in [5, 5.41) is 5.61. The Labute approximate surface area is 302 Å². The van der Waals surface area contributed by atoms with E-state index in [1.807, 2.05) is 49.9 Å². The third-order valence-corrected chi connectivity index (χ3v) is 10.5. The van der Waals surface area contributed by atoms with E-state index < -0.39 is 34.3 Å². The number of carbonyl (C=O) groups is 3. The van der Waals surface area contributed by atoms with Crippen LogP contribution < -0.4 is 10.6 Å². The first-order valence-electron chi connectivity index (χ1n) is 17.1. The standard InChI is InChI=1S/C40H42N4O6S/c1-27(2)35-37(46)50-31(23-33(45)41-24-34-42-32(25-48-34)36-44-39(3,26-49-36)38(47)43-35)21-13-14-22-51-40(28-15-7-4-8-16-28,29-17-9-5-10-18-29)30-19-11-6-12-20-30/h4-13,15-21,25,27,31,35H,14,22-24,26H2,1-3H3,(H,41,45)(H,43,47)/b21-13+/t31-,35+,39+/m1/s1. The molecule has 0 saturated carbocycles. The number of amides is 2. The highest BCUT2D eigenvalue weighted by molar-refractivity contribution is 8.00. The minimum absolute atomic E-state index is 0.0139. The molecule has 4 aromatic rings. The zero-order chi connectivity index (χ0) is 35.8. The second-order valence-electron chi connectivity index (χ2n) is 13.1. The molecule has 264 valence electrons. The van der Waals surface area contributed by atoms with Gasteiger partial charge in [-0.3, -0.25) is 9.59 Å². The lowest BCUT2D eigenvalue weighted by Gasteiger charge is -2.35. The van der Waals surface area contributed by atoms with E-state index >= 15 is 0 Å². The van der Waals surface area contributed by atoms with Crippen molar-refractivity contribution in [2.75, 3.05) is 12.4 Å². The van der Waals surface area contributed by atoms with Gasteiger partial charge in [0, 0.05) is 0 Å². The predicted octanol–water partition coefficient (Wildman–Crippen LogP) is 5.95. The van der Waals surface area contributed by atoms with Crippen molar-refractivity contribution in [1.82, 2.24) is 15.6 Å². The van der Waals surface area contributed by atoms with E-state index in [1.54, 1.807) is 13.0 Å². The SMILES string of the molecule is CC(C)[C@@H]1NC(=O)[C@]2(C)COC(=N2)c2coc(n2)CNC(=O)C[C@@H](/C=C/CCSC(c2ccccc2)(c2ccccc2)c2ccccc2)OC1=O. The van der Waals surface area contributed by atoms with Crippen molar-refractivity contribution < 1.29 is 28.3 Å². The van der Waals surface area contributed by atoms with Crippen LogP contribution in [0.25, 0.3) is 0 Å². The highest BCUT2D eigenvalue weighted by Gasteiger charge is 2.43. The fourth-order valence-corrected chi connectivity index (χ4v) is 7.60. The quantitative estimate of drug-likeness (QED) is 0.0945. The summed E-state index contributed by atoms with van der Waals surface area (Å²) >= 11 is 1.82. The number of thioether (sulfide) groups is 1. The van der Waals surface area contributed by atoms with Gasteiger partial charge in [0.15, 0.2) is 11.2 Å². The molecule has 1 aromatic heterocycles. The van der Waals surface area contributed by atoms with Crippen molar-refractivity contribution in [2.45, 2.75) is 62.6 Å². The largest absolute Gasteiger partial charge is 0.473 e. The molecule has 6 rings (SSSR count).